The SMILES string of the molecule is Cn1nc(C(F)(F)F)c(/C=C/C(=O)Sc2ccc(C(F)(F)F)cc2)c1Cl. The average molecular weight is 415 g/mol. The molecule has 1 aromatic carbocycles. The van der Waals surface area contributed by atoms with Gasteiger partial charge >= 0.3 is 12.4 Å². The van der Waals surface area contributed by atoms with Crippen molar-refractivity contribution in [3.05, 3.63) is 52.3 Å². The van der Waals surface area contributed by atoms with Crippen LogP contribution in [0.1, 0.15) is 16.8 Å². The number of alkyl halides is 6. The highest BCUT2D eigenvalue weighted by Crippen LogP contribution is 2.35. The molecule has 26 heavy (non-hydrogen) atoms. The Morgan fingerprint density at radius 1 is 1.12 bits per heavy atom. The van der Waals surface area contributed by atoms with Crippen molar-refractivity contribution in [3.63, 3.8) is 0 Å². The lowest BCUT2D eigenvalue weighted by molar-refractivity contribution is -0.141. The number of aromatic nitrogens is 2. The summed E-state index contributed by atoms with van der Waals surface area (Å²) in [5.74, 6) is 0. The van der Waals surface area contributed by atoms with Crippen LogP contribution in [0, 0.1) is 0 Å². The van der Waals surface area contributed by atoms with Crippen molar-refractivity contribution in [3.8, 4) is 0 Å². The van der Waals surface area contributed by atoms with E-state index in [1.165, 1.54) is 7.05 Å². The highest BCUT2D eigenvalue weighted by molar-refractivity contribution is 8.14. The normalized spacial score (nSPS) is 12.8. The van der Waals surface area contributed by atoms with E-state index in [0.717, 1.165) is 41.1 Å². The van der Waals surface area contributed by atoms with E-state index in [-0.39, 0.29) is 10.0 Å². The molecular formula is C15H9ClF6N2OS. The third-order valence-corrected chi connectivity index (χ3v) is 4.36. The Hall–Kier alpha value is -1.94. The molecule has 0 fully saturated rings. The quantitative estimate of drug-likeness (QED) is 0.381. The minimum Gasteiger partial charge on any atom is -0.282 e. The molecule has 11 heteroatoms. The van der Waals surface area contributed by atoms with Gasteiger partial charge in [0.2, 0.25) is 5.12 Å². The first kappa shape index (κ1) is 20.4. The largest absolute Gasteiger partial charge is 0.435 e. The van der Waals surface area contributed by atoms with Crippen LogP contribution in [-0.2, 0) is 24.2 Å². The van der Waals surface area contributed by atoms with Crippen LogP contribution in [0.25, 0.3) is 6.08 Å². The Bertz CT molecular complexity index is 840. The van der Waals surface area contributed by atoms with Gasteiger partial charge in [0.25, 0.3) is 0 Å². The highest BCUT2D eigenvalue weighted by Gasteiger charge is 2.38. The van der Waals surface area contributed by atoms with Crippen molar-refractivity contribution >= 4 is 34.6 Å². The van der Waals surface area contributed by atoms with Crippen LogP contribution in [0.5, 0.6) is 0 Å². The second-order valence-corrected chi connectivity index (χ2v) is 6.39. The van der Waals surface area contributed by atoms with Crippen LogP contribution in [0.3, 0.4) is 0 Å². The van der Waals surface area contributed by atoms with Gasteiger partial charge in [-0.1, -0.05) is 11.6 Å². The average Bonchev–Trinajstić information content (AvgIpc) is 2.80. The molecule has 2 rings (SSSR count). The van der Waals surface area contributed by atoms with E-state index in [4.69, 9.17) is 11.6 Å². The lowest BCUT2D eigenvalue weighted by Crippen LogP contribution is -2.08. The molecule has 0 amide bonds. The van der Waals surface area contributed by atoms with Crippen molar-refractivity contribution in [2.75, 3.05) is 0 Å². The van der Waals surface area contributed by atoms with Crippen molar-refractivity contribution in [2.24, 2.45) is 7.05 Å². The molecule has 140 valence electrons. The molecule has 0 saturated heterocycles. The van der Waals surface area contributed by atoms with Crippen molar-refractivity contribution in [1.29, 1.82) is 0 Å². The van der Waals surface area contributed by atoms with Crippen LogP contribution in [0.2, 0.25) is 5.15 Å². The number of hydrogen-bond donors (Lipinski definition) is 0. The first-order valence-corrected chi connectivity index (χ1v) is 7.96. The number of carbonyl (C=O) groups excluding carboxylic acids is 1. The van der Waals surface area contributed by atoms with E-state index in [9.17, 15) is 31.1 Å². The second-order valence-electron chi connectivity index (χ2n) is 4.95. The lowest BCUT2D eigenvalue weighted by atomic mass is 10.2. The first-order valence-electron chi connectivity index (χ1n) is 6.76. The maximum atomic E-state index is 12.9. The third kappa shape index (κ3) is 4.82. The molecule has 1 heterocycles. The molecule has 2 aromatic rings. The van der Waals surface area contributed by atoms with Crippen molar-refractivity contribution in [1.82, 2.24) is 9.78 Å². The number of aryl methyl sites for hydroxylation is 1. The topological polar surface area (TPSA) is 34.9 Å². The Balaban J connectivity index is 2.16. The maximum Gasteiger partial charge on any atom is 0.435 e. The van der Waals surface area contributed by atoms with Crippen LogP contribution in [0.4, 0.5) is 26.3 Å². The van der Waals surface area contributed by atoms with Gasteiger partial charge in [-0.2, -0.15) is 31.4 Å². The third-order valence-electron chi connectivity index (χ3n) is 3.07. The van der Waals surface area contributed by atoms with Gasteiger partial charge in [0.15, 0.2) is 5.69 Å². The molecule has 0 aliphatic carbocycles. The van der Waals surface area contributed by atoms with Gasteiger partial charge in [0.05, 0.1) is 5.56 Å². The minimum atomic E-state index is -4.76. The lowest BCUT2D eigenvalue weighted by Gasteiger charge is -2.06. The van der Waals surface area contributed by atoms with E-state index in [1.54, 1.807) is 0 Å². The van der Waals surface area contributed by atoms with Crippen LogP contribution in [-0.4, -0.2) is 14.9 Å². The van der Waals surface area contributed by atoms with Crippen LogP contribution < -0.4 is 0 Å². The van der Waals surface area contributed by atoms with Crippen molar-refractivity contribution in [2.45, 2.75) is 17.2 Å². The van der Waals surface area contributed by atoms with Crippen LogP contribution >= 0.6 is 23.4 Å². The Labute approximate surface area is 152 Å². The molecule has 0 aliphatic rings. The predicted molar refractivity (Wildman–Crippen MR) is 84.6 cm³/mol. The van der Waals surface area contributed by atoms with Gasteiger partial charge in [-0.3, -0.25) is 9.48 Å². The maximum absolute atomic E-state index is 12.9. The summed E-state index contributed by atoms with van der Waals surface area (Å²) in [6.07, 6.45) is -7.54. The standard InChI is InChI=1S/C15H9ClF6N2OS/c1-24-13(16)10(12(23-24)15(20,21)22)6-7-11(25)26-9-4-2-8(3-5-9)14(17,18)19/h2-7H,1H3/b7-6+. The highest BCUT2D eigenvalue weighted by atomic mass is 35.5. The van der Waals surface area contributed by atoms with E-state index in [1.807, 2.05) is 0 Å². The number of thioether (sulfide) groups is 1. The molecule has 0 radical (unpaired) electrons. The summed E-state index contributed by atoms with van der Waals surface area (Å²) in [6.45, 7) is 0. The van der Waals surface area contributed by atoms with Crippen molar-refractivity contribution < 1.29 is 31.1 Å². The fraction of sp³-hybridized carbons (Fsp3) is 0.200. The summed E-state index contributed by atoms with van der Waals surface area (Å²) in [5, 5.41) is 2.27. The summed E-state index contributed by atoms with van der Waals surface area (Å²) in [5.41, 5.74) is -2.58. The zero-order chi connectivity index (χ0) is 19.7. The second kappa shape index (κ2) is 7.36. The minimum absolute atomic E-state index is 0.209. The zero-order valence-electron chi connectivity index (χ0n) is 12.8. The molecule has 0 unspecified atom stereocenters. The van der Waals surface area contributed by atoms with E-state index >= 15 is 0 Å². The molecular weight excluding hydrogens is 406 g/mol. The molecule has 0 N–H and O–H groups in total. The smallest absolute Gasteiger partial charge is 0.282 e. The van der Waals surface area contributed by atoms with E-state index in [2.05, 4.69) is 5.10 Å². The first-order chi connectivity index (χ1) is 11.9. The number of carbonyl (C=O) groups is 1. The fourth-order valence-electron chi connectivity index (χ4n) is 1.89. The number of rotatable bonds is 3. The summed E-state index contributed by atoms with van der Waals surface area (Å²) in [4.78, 5) is 12.1. The number of hydrogen-bond acceptors (Lipinski definition) is 3. The monoisotopic (exact) mass is 414 g/mol. The molecule has 3 nitrogen and oxygen atoms in total. The van der Waals surface area contributed by atoms with Gasteiger partial charge in [0, 0.05) is 17.5 Å². The van der Waals surface area contributed by atoms with Gasteiger partial charge < -0.3 is 0 Å². The predicted octanol–water partition coefficient (Wildman–Crippen LogP) is 5.44. The van der Waals surface area contributed by atoms with Gasteiger partial charge in [-0.15, -0.1) is 0 Å². The van der Waals surface area contributed by atoms with Gasteiger partial charge in [0.1, 0.15) is 5.15 Å². The Morgan fingerprint density at radius 2 is 1.69 bits per heavy atom. The molecule has 1 aromatic heterocycles. The van der Waals surface area contributed by atoms with E-state index in [0.29, 0.717) is 11.8 Å². The van der Waals surface area contributed by atoms with Gasteiger partial charge in [-0.05, 0) is 48.2 Å². The number of benzene rings is 1. The van der Waals surface area contributed by atoms with E-state index < -0.39 is 34.3 Å². The molecule has 0 saturated carbocycles. The molecule has 0 atom stereocenters. The fourth-order valence-corrected chi connectivity index (χ4v) is 2.72. The summed E-state index contributed by atoms with van der Waals surface area (Å²) in [6, 6.07) is 3.80. The Morgan fingerprint density at radius 3 is 2.19 bits per heavy atom. The number of halogens is 7. The van der Waals surface area contributed by atoms with Crippen LogP contribution in [0.15, 0.2) is 35.2 Å². The zero-order valence-corrected chi connectivity index (χ0v) is 14.4. The van der Waals surface area contributed by atoms with Gasteiger partial charge in [-0.25, -0.2) is 0 Å². The summed E-state index contributed by atoms with van der Waals surface area (Å²) in [7, 11) is 1.22. The Kier molecular flexibility index (Phi) is 5.76. The summed E-state index contributed by atoms with van der Waals surface area (Å²) < 4.78 is 76.9. The number of nitrogens with zero attached hydrogens (tertiary/aromatic N) is 2. The molecule has 0 spiro atoms. The molecule has 0 bridgehead atoms. The molecule has 0 aliphatic heterocycles. The summed E-state index contributed by atoms with van der Waals surface area (Å²) >= 11 is 6.31.